The smallest absolute Gasteiger partial charge is 0.0744 e. The molecule has 0 heterocycles. The minimum atomic E-state index is -0.524. The van der Waals surface area contributed by atoms with Crippen LogP contribution in [0.25, 0.3) is 0 Å². The van der Waals surface area contributed by atoms with Crippen LogP contribution < -0.4 is 0 Å². The molecule has 62 valence electrons. The largest absolute Gasteiger partial charge is 0.389 e. The summed E-state index contributed by atoms with van der Waals surface area (Å²) in [6.07, 6.45) is 7.31. The molecule has 1 aliphatic rings. The van der Waals surface area contributed by atoms with Gasteiger partial charge in [-0.2, -0.15) is 0 Å². The molecule has 1 nitrogen and oxygen atoms in total. The van der Waals surface area contributed by atoms with Crippen molar-refractivity contribution in [1.29, 1.82) is 0 Å². The van der Waals surface area contributed by atoms with Gasteiger partial charge in [0.05, 0.1) is 5.60 Å². The number of hydrogen-bond acceptors (Lipinski definition) is 1. The fourth-order valence-corrected chi connectivity index (χ4v) is 1.54. The topological polar surface area (TPSA) is 20.2 Å². The molecule has 1 rings (SSSR count). The van der Waals surface area contributed by atoms with Gasteiger partial charge in [0.25, 0.3) is 0 Å². The summed E-state index contributed by atoms with van der Waals surface area (Å²) in [7, 11) is 0. The molecule has 0 bridgehead atoms. The van der Waals surface area contributed by atoms with Crippen LogP contribution in [0.5, 0.6) is 0 Å². The van der Waals surface area contributed by atoms with E-state index in [1.165, 1.54) is 0 Å². The molecule has 0 atom stereocenters. The van der Waals surface area contributed by atoms with E-state index in [9.17, 15) is 5.11 Å². The van der Waals surface area contributed by atoms with Crippen LogP contribution in [0.4, 0.5) is 0 Å². The van der Waals surface area contributed by atoms with Crippen molar-refractivity contribution in [2.24, 2.45) is 5.92 Å². The number of hydrogen-bond donors (Lipinski definition) is 1. The average molecular weight is 152 g/mol. The van der Waals surface area contributed by atoms with E-state index in [1.807, 2.05) is 0 Å². The van der Waals surface area contributed by atoms with E-state index in [-0.39, 0.29) is 0 Å². The third-order valence-corrected chi connectivity index (χ3v) is 2.33. The van der Waals surface area contributed by atoms with Gasteiger partial charge in [-0.05, 0) is 31.6 Å². The quantitative estimate of drug-likeness (QED) is 0.599. The summed E-state index contributed by atoms with van der Waals surface area (Å²) >= 11 is 0. The highest BCUT2D eigenvalue weighted by Gasteiger charge is 2.41. The molecule has 0 spiro atoms. The Bertz CT molecular complexity index is 146. The Labute approximate surface area is 68.4 Å². The molecule has 0 saturated heterocycles. The molecule has 11 heavy (non-hydrogen) atoms. The van der Waals surface area contributed by atoms with Crippen molar-refractivity contribution in [1.82, 2.24) is 0 Å². The van der Waals surface area contributed by atoms with Gasteiger partial charge >= 0.3 is 0 Å². The summed E-state index contributed by atoms with van der Waals surface area (Å²) in [5.41, 5.74) is -0.524. The fraction of sp³-hybridized carbons (Fsp3) is 0.600. The lowest BCUT2D eigenvalue weighted by atomic mass is 9.90. The highest BCUT2D eigenvalue weighted by molar-refractivity contribution is 5.01. The summed E-state index contributed by atoms with van der Waals surface area (Å²) < 4.78 is 0. The van der Waals surface area contributed by atoms with Crippen molar-refractivity contribution < 1.29 is 5.11 Å². The maximum atomic E-state index is 10.0. The Morgan fingerprint density at radius 2 is 1.73 bits per heavy atom. The third kappa shape index (κ3) is 1.93. The zero-order valence-corrected chi connectivity index (χ0v) is 6.92. The molecule has 1 saturated carbocycles. The lowest BCUT2D eigenvalue weighted by Crippen LogP contribution is -2.29. The molecule has 0 unspecified atom stereocenters. The summed E-state index contributed by atoms with van der Waals surface area (Å²) in [5, 5.41) is 10.0. The highest BCUT2D eigenvalue weighted by Crippen LogP contribution is 2.43. The Morgan fingerprint density at radius 1 is 1.27 bits per heavy atom. The molecule has 0 aromatic rings. The second-order valence-electron chi connectivity index (χ2n) is 3.36. The zero-order valence-electron chi connectivity index (χ0n) is 6.92. The molecule has 1 N–H and O–H groups in total. The average Bonchev–Trinajstić information content (AvgIpc) is 2.68. The van der Waals surface area contributed by atoms with Gasteiger partial charge in [-0.1, -0.05) is 12.2 Å². The first-order valence-electron chi connectivity index (χ1n) is 4.17. The molecule has 0 aromatic carbocycles. The van der Waals surface area contributed by atoms with Crippen molar-refractivity contribution in [3.05, 3.63) is 25.3 Å². The third-order valence-electron chi connectivity index (χ3n) is 2.33. The normalized spacial score (nSPS) is 17.9. The van der Waals surface area contributed by atoms with E-state index in [0.29, 0.717) is 18.8 Å². The highest BCUT2D eigenvalue weighted by atomic mass is 16.3. The lowest BCUT2D eigenvalue weighted by Gasteiger charge is -2.25. The first kappa shape index (κ1) is 8.54. The predicted molar refractivity (Wildman–Crippen MR) is 47.3 cm³/mol. The van der Waals surface area contributed by atoms with E-state index >= 15 is 0 Å². The van der Waals surface area contributed by atoms with Crippen molar-refractivity contribution in [3.63, 3.8) is 0 Å². The van der Waals surface area contributed by atoms with Crippen LogP contribution in [0.2, 0.25) is 0 Å². The van der Waals surface area contributed by atoms with Crippen LogP contribution in [-0.2, 0) is 0 Å². The zero-order chi connectivity index (χ0) is 8.32. The van der Waals surface area contributed by atoms with Gasteiger partial charge in [0.1, 0.15) is 0 Å². The molecule has 1 heteroatoms. The molecule has 0 amide bonds. The van der Waals surface area contributed by atoms with Gasteiger partial charge in [0, 0.05) is 0 Å². The van der Waals surface area contributed by atoms with Crippen LogP contribution in [0.3, 0.4) is 0 Å². The molecule has 0 aliphatic heterocycles. The Hall–Kier alpha value is -0.560. The Balaban J connectivity index is 2.51. The van der Waals surface area contributed by atoms with Gasteiger partial charge in [0.15, 0.2) is 0 Å². The van der Waals surface area contributed by atoms with Crippen molar-refractivity contribution in [3.8, 4) is 0 Å². The summed E-state index contributed by atoms with van der Waals surface area (Å²) in [4.78, 5) is 0. The van der Waals surface area contributed by atoms with Crippen LogP contribution in [0.15, 0.2) is 25.3 Å². The van der Waals surface area contributed by atoms with Crippen molar-refractivity contribution >= 4 is 0 Å². The molecule has 0 radical (unpaired) electrons. The molecular weight excluding hydrogens is 136 g/mol. The Kier molecular flexibility index (Phi) is 2.50. The van der Waals surface area contributed by atoms with E-state index in [0.717, 1.165) is 12.8 Å². The fourth-order valence-electron chi connectivity index (χ4n) is 1.54. The van der Waals surface area contributed by atoms with Gasteiger partial charge in [-0.15, -0.1) is 13.2 Å². The SMILES string of the molecule is C=CCC(O)(CC=C)C1CC1. The van der Waals surface area contributed by atoms with Crippen LogP contribution in [0.1, 0.15) is 25.7 Å². The minimum absolute atomic E-state index is 0.499. The van der Waals surface area contributed by atoms with E-state index < -0.39 is 5.60 Å². The maximum absolute atomic E-state index is 10.0. The second kappa shape index (κ2) is 3.22. The van der Waals surface area contributed by atoms with Crippen molar-refractivity contribution in [2.75, 3.05) is 0 Å². The molecular formula is C10H16O. The van der Waals surface area contributed by atoms with Crippen LogP contribution >= 0.6 is 0 Å². The van der Waals surface area contributed by atoms with E-state index in [4.69, 9.17) is 0 Å². The first-order chi connectivity index (χ1) is 5.23. The van der Waals surface area contributed by atoms with Crippen LogP contribution in [-0.4, -0.2) is 10.7 Å². The molecule has 1 fully saturated rings. The maximum Gasteiger partial charge on any atom is 0.0744 e. The second-order valence-corrected chi connectivity index (χ2v) is 3.36. The lowest BCUT2D eigenvalue weighted by molar-refractivity contribution is 0.0234. The number of aliphatic hydroxyl groups is 1. The molecule has 1 aliphatic carbocycles. The van der Waals surface area contributed by atoms with Gasteiger partial charge < -0.3 is 5.11 Å². The van der Waals surface area contributed by atoms with E-state index in [1.54, 1.807) is 12.2 Å². The Morgan fingerprint density at radius 3 is 2.00 bits per heavy atom. The van der Waals surface area contributed by atoms with E-state index in [2.05, 4.69) is 13.2 Å². The predicted octanol–water partition coefficient (Wildman–Crippen LogP) is 2.28. The van der Waals surface area contributed by atoms with Gasteiger partial charge in [-0.3, -0.25) is 0 Å². The summed E-state index contributed by atoms with van der Waals surface area (Å²) in [5.74, 6) is 0.499. The summed E-state index contributed by atoms with van der Waals surface area (Å²) in [6.45, 7) is 7.29. The first-order valence-corrected chi connectivity index (χ1v) is 4.17. The van der Waals surface area contributed by atoms with Gasteiger partial charge in [-0.25, -0.2) is 0 Å². The molecule has 0 aromatic heterocycles. The summed E-state index contributed by atoms with van der Waals surface area (Å²) in [6, 6.07) is 0. The monoisotopic (exact) mass is 152 g/mol. The number of rotatable bonds is 5. The van der Waals surface area contributed by atoms with Crippen LogP contribution in [0, 0.1) is 5.92 Å². The minimum Gasteiger partial charge on any atom is -0.389 e. The van der Waals surface area contributed by atoms with Crippen molar-refractivity contribution in [2.45, 2.75) is 31.3 Å². The van der Waals surface area contributed by atoms with Gasteiger partial charge in [0.2, 0.25) is 0 Å². The standard InChI is InChI=1S/C10H16O/c1-3-7-10(11,8-4-2)9-5-6-9/h3-4,9,11H,1-2,5-8H2.